The lowest BCUT2D eigenvalue weighted by Crippen LogP contribution is -2.37. The highest BCUT2D eigenvalue weighted by Gasteiger charge is 2.26. The number of amides is 1. The van der Waals surface area contributed by atoms with Gasteiger partial charge in [0.25, 0.3) is 5.91 Å². The van der Waals surface area contributed by atoms with E-state index in [4.69, 9.17) is 4.74 Å². The molecule has 1 atom stereocenters. The lowest BCUT2D eigenvalue weighted by Gasteiger charge is -2.24. The third-order valence-electron chi connectivity index (χ3n) is 4.75. The number of ether oxygens (including phenoxy) is 1. The Morgan fingerprint density at radius 2 is 2.11 bits per heavy atom. The molecule has 0 spiro atoms. The Morgan fingerprint density at radius 3 is 2.89 bits per heavy atom. The number of aromatic nitrogens is 3. The summed E-state index contributed by atoms with van der Waals surface area (Å²) in [5.74, 6) is -0.0212. The Balaban J connectivity index is 1.53. The molecule has 4 heterocycles. The third-order valence-corrected chi connectivity index (χ3v) is 4.75. The van der Waals surface area contributed by atoms with Gasteiger partial charge in [-0.05, 0) is 42.8 Å². The monoisotopic (exact) mass is 362 g/mol. The fourth-order valence-electron chi connectivity index (χ4n) is 3.29. The van der Waals surface area contributed by atoms with Gasteiger partial charge in [0.05, 0.1) is 31.4 Å². The number of aryl methyl sites for hydroxylation is 1. The molecule has 6 heteroatoms. The largest absolute Gasteiger partial charge is 0.370 e. The van der Waals surface area contributed by atoms with Crippen LogP contribution < -0.4 is 0 Å². The van der Waals surface area contributed by atoms with Crippen LogP contribution in [0.4, 0.5) is 0 Å². The van der Waals surface area contributed by atoms with Gasteiger partial charge in [-0.1, -0.05) is 6.07 Å². The predicted octanol–water partition coefficient (Wildman–Crippen LogP) is 2.83. The first-order chi connectivity index (χ1) is 13.2. The Kier molecular flexibility index (Phi) is 4.98. The number of carbonyl (C=O) groups is 1. The van der Waals surface area contributed by atoms with Crippen LogP contribution in [0.3, 0.4) is 0 Å². The standard InChI is InChI=1S/C21H22N4O2/c1-16-6-7-18(11-23-16)21(26)25-12-19-5-3-9-24(19)13-20(14-25)27-15-17-4-2-8-22-10-17/h2-11,20H,12-15H2,1H3/t20-/m0/s1. The number of carbonyl (C=O) groups excluding carboxylic acids is 1. The minimum absolute atomic E-state index is 0.0212. The average Bonchev–Trinajstić information content (AvgIpc) is 3.05. The van der Waals surface area contributed by atoms with Crippen molar-refractivity contribution in [3.8, 4) is 0 Å². The molecular formula is C21H22N4O2. The summed E-state index contributed by atoms with van der Waals surface area (Å²) in [6.45, 7) is 4.21. The molecule has 6 nitrogen and oxygen atoms in total. The van der Waals surface area contributed by atoms with E-state index in [2.05, 4.69) is 20.6 Å². The molecule has 1 aliphatic heterocycles. The van der Waals surface area contributed by atoms with Crippen LogP contribution >= 0.6 is 0 Å². The first kappa shape index (κ1) is 17.4. The van der Waals surface area contributed by atoms with Crippen molar-refractivity contribution in [3.05, 3.63) is 83.7 Å². The number of fused-ring (bicyclic) bond motifs is 1. The van der Waals surface area contributed by atoms with E-state index in [1.165, 1.54) is 0 Å². The summed E-state index contributed by atoms with van der Waals surface area (Å²) in [5, 5.41) is 0. The molecule has 0 N–H and O–H groups in total. The molecule has 1 aliphatic rings. The second-order valence-electron chi connectivity index (χ2n) is 6.82. The van der Waals surface area contributed by atoms with Crippen molar-refractivity contribution in [2.24, 2.45) is 0 Å². The summed E-state index contributed by atoms with van der Waals surface area (Å²) in [4.78, 5) is 23.3. The first-order valence-electron chi connectivity index (χ1n) is 9.05. The van der Waals surface area contributed by atoms with Crippen molar-refractivity contribution in [1.29, 1.82) is 0 Å². The van der Waals surface area contributed by atoms with Crippen molar-refractivity contribution in [1.82, 2.24) is 19.4 Å². The highest BCUT2D eigenvalue weighted by molar-refractivity contribution is 5.93. The van der Waals surface area contributed by atoms with Gasteiger partial charge in [-0.25, -0.2) is 0 Å². The van der Waals surface area contributed by atoms with E-state index in [1.54, 1.807) is 18.6 Å². The van der Waals surface area contributed by atoms with E-state index in [0.717, 1.165) is 23.5 Å². The minimum atomic E-state index is -0.0961. The van der Waals surface area contributed by atoms with Gasteiger partial charge in [0.15, 0.2) is 0 Å². The van der Waals surface area contributed by atoms with Crippen LogP contribution in [0.1, 0.15) is 27.3 Å². The molecule has 0 aliphatic carbocycles. The number of hydrogen-bond donors (Lipinski definition) is 0. The van der Waals surface area contributed by atoms with Crippen LogP contribution in [0.15, 0.2) is 61.2 Å². The fourth-order valence-corrected chi connectivity index (χ4v) is 3.29. The van der Waals surface area contributed by atoms with E-state index < -0.39 is 0 Å². The zero-order valence-corrected chi connectivity index (χ0v) is 15.3. The van der Waals surface area contributed by atoms with Crippen LogP contribution in [-0.2, 0) is 24.4 Å². The zero-order valence-electron chi connectivity index (χ0n) is 15.3. The predicted molar refractivity (Wildman–Crippen MR) is 101 cm³/mol. The lowest BCUT2D eigenvalue weighted by atomic mass is 10.2. The maximum Gasteiger partial charge on any atom is 0.255 e. The van der Waals surface area contributed by atoms with Gasteiger partial charge >= 0.3 is 0 Å². The van der Waals surface area contributed by atoms with Crippen LogP contribution in [0, 0.1) is 6.92 Å². The fraction of sp³-hybridized carbons (Fsp3) is 0.286. The normalized spacial score (nSPS) is 16.6. The summed E-state index contributed by atoms with van der Waals surface area (Å²) in [6.07, 6.45) is 7.14. The molecule has 0 unspecified atom stereocenters. The maximum absolute atomic E-state index is 13.0. The molecule has 0 saturated carbocycles. The molecule has 0 bridgehead atoms. The maximum atomic E-state index is 13.0. The summed E-state index contributed by atoms with van der Waals surface area (Å²) in [6, 6.07) is 11.7. The number of pyridine rings is 2. The van der Waals surface area contributed by atoms with Crippen molar-refractivity contribution in [3.63, 3.8) is 0 Å². The Hall–Kier alpha value is -2.99. The van der Waals surface area contributed by atoms with Crippen LogP contribution in [0.5, 0.6) is 0 Å². The number of nitrogens with zero attached hydrogens (tertiary/aromatic N) is 4. The van der Waals surface area contributed by atoms with Gasteiger partial charge in [0.2, 0.25) is 0 Å². The van der Waals surface area contributed by atoms with Crippen LogP contribution in [-0.4, -0.2) is 38.0 Å². The Labute approximate surface area is 158 Å². The van der Waals surface area contributed by atoms with E-state index in [9.17, 15) is 4.79 Å². The van der Waals surface area contributed by atoms with E-state index in [-0.39, 0.29) is 12.0 Å². The quantitative estimate of drug-likeness (QED) is 0.716. The van der Waals surface area contributed by atoms with E-state index >= 15 is 0 Å². The lowest BCUT2D eigenvalue weighted by molar-refractivity contribution is 0.0104. The van der Waals surface area contributed by atoms with Gasteiger partial charge in [-0.15, -0.1) is 0 Å². The van der Waals surface area contributed by atoms with Gasteiger partial charge < -0.3 is 14.2 Å². The molecule has 3 aromatic rings. The van der Waals surface area contributed by atoms with Gasteiger partial charge in [-0.2, -0.15) is 0 Å². The first-order valence-corrected chi connectivity index (χ1v) is 9.05. The molecule has 0 aromatic carbocycles. The summed E-state index contributed by atoms with van der Waals surface area (Å²) < 4.78 is 8.30. The van der Waals surface area contributed by atoms with Gasteiger partial charge in [0, 0.05) is 42.7 Å². The zero-order chi connectivity index (χ0) is 18.6. The molecule has 3 aromatic heterocycles. The molecule has 4 rings (SSSR count). The highest BCUT2D eigenvalue weighted by Crippen LogP contribution is 2.18. The van der Waals surface area contributed by atoms with Crippen molar-refractivity contribution >= 4 is 5.91 Å². The molecule has 0 saturated heterocycles. The Morgan fingerprint density at radius 1 is 1.19 bits per heavy atom. The molecule has 138 valence electrons. The van der Waals surface area contributed by atoms with Crippen LogP contribution in [0.25, 0.3) is 0 Å². The molecule has 1 amide bonds. The second-order valence-corrected chi connectivity index (χ2v) is 6.82. The molecule has 0 fully saturated rings. The molecule has 0 radical (unpaired) electrons. The summed E-state index contributed by atoms with van der Waals surface area (Å²) >= 11 is 0. The summed E-state index contributed by atoms with van der Waals surface area (Å²) in [5.41, 5.74) is 3.63. The SMILES string of the molecule is Cc1ccc(C(=O)N2Cc3cccn3C[C@H](OCc3cccnc3)C2)cn1. The smallest absolute Gasteiger partial charge is 0.255 e. The second kappa shape index (κ2) is 7.72. The Bertz CT molecular complexity index is 905. The van der Waals surface area contributed by atoms with E-state index in [0.29, 0.717) is 25.3 Å². The summed E-state index contributed by atoms with van der Waals surface area (Å²) in [7, 11) is 0. The van der Waals surface area contributed by atoms with E-state index in [1.807, 2.05) is 48.4 Å². The third kappa shape index (κ3) is 4.06. The topological polar surface area (TPSA) is 60.2 Å². The van der Waals surface area contributed by atoms with Crippen molar-refractivity contribution < 1.29 is 9.53 Å². The average molecular weight is 362 g/mol. The van der Waals surface area contributed by atoms with Crippen LogP contribution in [0.2, 0.25) is 0 Å². The molecule has 27 heavy (non-hydrogen) atoms. The number of rotatable bonds is 4. The number of hydrogen-bond acceptors (Lipinski definition) is 4. The minimum Gasteiger partial charge on any atom is -0.370 e. The van der Waals surface area contributed by atoms with Gasteiger partial charge in [-0.3, -0.25) is 14.8 Å². The van der Waals surface area contributed by atoms with Crippen molar-refractivity contribution in [2.75, 3.05) is 6.54 Å². The molecular weight excluding hydrogens is 340 g/mol. The highest BCUT2D eigenvalue weighted by atomic mass is 16.5. The van der Waals surface area contributed by atoms with Crippen molar-refractivity contribution in [2.45, 2.75) is 32.7 Å². The van der Waals surface area contributed by atoms with Gasteiger partial charge in [0.1, 0.15) is 0 Å².